The van der Waals surface area contributed by atoms with Crippen LogP contribution >= 0.6 is 0 Å². The summed E-state index contributed by atoms with van der Waals surface area (Å²) in [5, 5.41) is 17.5. The lowest BCUT2D eigenvalue weighted by atomic mass is 10.1. The van der Waals surface area contributed by atoms with Crippen LogP contribution in [0.25, 0.3) is 0 Å². The molecule has 0 aromatic heterocycles. The second kappa shape index (κ2) is 15.9. The minimum atomic E-state index is -1.11. The van der Waals surface area contributed by atoms with E-state index < -0.39 is 18.5 Å². The largest absolute Gasteiger partial charge is 0.481 e. The molecule has 0 rings (SSSR count). The summed E-state index contributed by atoms with van der Waals surface area (Å²) in [5.41, 5.74) is 0. The van der Waals surface area contributed by atoms with Gasteiger partial charge in [0.15, 0.2) is 0 Å². The first-order valence-corrected chi connectivity index (χ1v) is 9.68. The van der Waals surface area contributed by atoms with Crippen LogP contribution in [0, 0.1) is 0 Å². The van der Waals surface area contributed by atoms with Crippen LogP contribution in [0.3, 0.4) is 0 Å². The zero-order valence-electron chi connectivity index (χ0n) is 15.7. The number of carbonyl (C=O) groups excluding carboxylic acids is 1. The van der Waals surface area contributed by atoms with Crippen molar-refractivity contribution in [2.75, 3.05) is 13.1 Å². The number of carboxylic acid groups (broad SMARTS) is 2. The van der Waals surface area contributed by atoms with Crippen molar-refractivity contribution in [2.45, 2.75) is 90.4 Å². The molecule has 2 N–H and O–H groups in total. The molecule has 0 bridgehead atoms. The zero-order chi connectivity index (χ0) is 18.9. The average molecular weight is 357 g/mol. The number of rotatable bonds is 17. The molecule has 0 unspecified atom stereocenters. The minimum Gasteiger partial charge on any atom is -0.481 e. The molecule has 0 saturated heterocycles. The Labute approximate surface area is 151 Å². The van der Waals surface area contributed by atoms with Crippen LogP contribution in [-0.2, 0) is 14.4 Å². The van der Waals surface area contributed by atoms with Crippen LogP contribution in [-0.4, -0.2) is 46.0 Å². The zero-order valence-corrected chi connectivity index (χ0v) is 15.7. The molecule has 6 heteroatoms. The fourth-order valence-corrected chi connectivity index (χ4v) is 2.78. The molecule has 0 aliphatic rings. The third-order valence-electron chi connectivity index (χ3n) is 4.27. The van der Waals surface area contributed by atoms with E-state index in [2.05, 4.69) is 6.92 Å². The van der Waals surface area contributed by atoms with Gasteiger partial charge < -0.3 is 15.1 Å². The second-order valence-electron chi connectivity index (χ2n) is 6.64. The van der Waals surface area contributed by atoms with E-state index in [1.54, 1.807) is 0 Å². The molecule has 1 amide bonds. The topological polar surface area (TPSA) is 94.9 Å². The summed E-state index contributed by atoms with van der Waals surface area (Å²) < 4.78 is 0. The van der Waals surface area contributed by atoms with E-state index in [9.17, 15) is 14.4 Å². The van der Waals surface area contributed by atoms with Gasteiger partial charge in [-0.2, -0.15) is 0 Å². The minimum absolute atomic E-state index is 0.0432. The van der Waals surface area contributed by atoms with E-state index in [1.165, 1.54) is 51.4 Å². The summed E-state index contributed by atoms with van der Waals surface area (Å²) in [5.74, 6) is -2.41. The average Bonchev–Trinajstić information content (AvgIpc) is 2.55. The van der Waals surface area contributed by atoms with Gasteiger partial charge in [-0.05, 0) is 6.42 Å². The lowest BCUT2D eigenvalue weighted by Gasteiger charge is -2.19. The molecule has 6 nitrogen and oxygen atoms in total. The summed E-state index contributed by atoms with van der Waals surface area (Å²) in [7, 11) is 0. The Balaban J connectivity index is 3.70. The third-order valence-corrected chi connectivity index (χ3v) is 4.27. The molecule has 0 spiro atoms. The Bertz CT molecular complexity index is 384. The molecule has 0 aromatic rings. The highest BCUT2D eigenvalue weighted by Crippen LogP contribution is 2.12. The summed E-state index contributed by atoms with van der Waals surface area (Å²) in [4.78, 5) is 34.5. The number of carboxylic acids is 2. The summed E-state index contributed by atoms with van der Waals surface area (Å²) in [6, 6.07) is 0. The van der Waals surface area contributed by atoms with Crippen LogP contribution in [0.4, 0.5) is 0 Å². The molecule has 0 fully saturated rings. The van der Waals surface area contributed by atoms with E-state index in [4.69, 9.17) is 10.2 Å². The summed E-state index contributed by atoms with van der Waals surface area (Å²) in [6.45, 7) is 1.75. The standard InChI is InChI=1S/C19H35NO5/c1-2-3-4-5-6-7-8-9-10-11-12-13-17(21)20(16-19(24)25)15-14-18(22)23/h2-16H2,1H3,(H,22,23)(H,24,25). The maximum absolute atomic E-state index is 12.0. The quantitative estimate of drug-likeness (QED) is 0.383. The van der Waals surface area contributed by atoms with Crippen LogP contribution in [0.2, 0.25) is 0 Å². The molecule has 0 heterocycles. The van der Waals surface area contributed by atoms with Gasteiger partial charge in [-0.1, -0.05) is 71.1 Å². The van der Waals surface area contributed by atoms with Crippen molar-refractivity contribution < 1.29 is 24.6 Å². The summed E-state index contributed by atoms with van der Waals surface area (Å²) >= 11 is 0. The molecular formula is C19H35NO5. The van der Waals surface area contributed by atoms with Crippen molar-refractivity contribution >= 4 is 17.8 Å². The van der Waals surface area contributed by atoms with Gasteiger partial charge in [0, 0.05) is 13.0 Å². The van der Waals surface area contributed by atoms with E-state index >= 15 is 0 Å². The predicted octanol–water partition coefficient (Wildman–Crippen LogP) is 4.08. The number of hydrogen-bond donors (Lipinski definition) is 2. The molecular weight excluding hydrogens is 322 g/mol. The van der Waals surface area contributed by atoms with Gasteiger partial charge in [-0.25, -0.2) is 0 Å². The number of unbranched alkanes of at least 4 members (excludes halogenated alkanes) is 10. The highest BCUT2D eigenvalue weighted by molar-refractivity contribution is 5.81. The smallest absolute Gasteiger partial charge is 0.323 e. The van der Waals surface area contributed by atoms with E-state index in [1.807, 2.05) is 0 Å². The van der Waals surface area contributed by atoms with Crippen LogP contribution in [0.5, 0.6) is 0 Å². The third kappa shape index (κ3) is 15.7. The Morgan fingerprint density at radius 2 is 1.16 bits per heavy atom. The van der Waals surface area contributed by atoms with Gasteiger partial charge in [-0.3, -0.25) is 14.4 Å². The maximum atomic E-state index is 12.0. The van der Waals surface area contributed by atoms with Gasteiger partial charge in [0.2, 0.25) is 5.91 Å². The van der Waals surface area contributed by atoms with Crippen LogP contribution in [0.1, 0.15) is 90.4 Å². The number of nitrogens with zero attached hydrogens (tertiary/aromatic N) is 1. The highest BCUT2D eigenvalue weighted by atomic mass is 16.4. The first-order chi connectivity index (χ1) is 12.0. The SMILES string of the molecule is CCCCCCCCCCCCCC(=O)N(CCC(=O)O)CC(=O)O. The first kappa shape index (κ1) is 23.4. The maximum Gasteiger partial charge on any atom is 0.323 e. The molecule has 146 valence electrons. The summed E-state index contributed by atoms with van der Waals surface area (Å²) in [6.07, 6.45) is 13.2. The first-order valence-electron chi connectivity index (χ1n) is 9.68. The molecule has 0 atom stereocenters. The highest BCUT2D eigenvalue weighted by Gasteiger charge is 2.17. The molecule has 0 radical (unpaired) electrons. The number of aliphatic carboxylic acids is 2. The van der Waals surface area contributed by atoms with Crippen molar-refractivity contribution in [3.63, 3.8) is 0 Å². The van der Waals surface area contributed by atoms with Crippen LogP contribution in [0.15, 0.2) is 0 Å². The number of hydrogen-bond acceptors (Lipinski definition) is 3. The monoisotopic (exact) mass is 357 g/mol. The molecule has 25 heavy (non-hydrogen) atoms. The normalized spacial score (nSPS) is 10.6. The van der Waals surface area contributed by atoms with Crippen molar-refractivity contribution in [3.8, 4) is 0 Å². The van der Waals surface area contributed by atoms with Crippen molar-refractivity contribution in [1.82, 2.24) is 4.90 Å². The van der Waals surface area contributed by atoms with Crippen molar-refractivity contribution in [2.24, 2.45) is 0 Å². The van der Waals surface area contributed by atoms with E-state index in [0.29, 0.717) is 6.42 Å². The Hall–Kier alpha value is -1.59. The Kier molecular flexibility index (Phi) is 14.9. The molecule has 0 aliphatic heterocycles. The van der Waals surface area contributed by atoms with Gasteiger partial charge in [0.1, 0.15) is 6.54 Å². The van der Waals surface area contributed by atoms with E-state index in [0.717, 1.165) is 24.2 Å². The van der Waals surface area contributed by atoms with Crippen molar-refractivity contribution in [3.05, 3.63) is 0 Å². The molecule has 0 saturated carbocycles. The Morgan fingerprint density at radius 3 is 1.60 bits per heavy atom. The van der Waals surface area contributed by atoms with Crippen LogP contribution < -0.4 is 0 Å². The lowest BCUT2D eigenvalue weighted by molar-refractivity contribution is -0.146. The Morgan fingerprint density at radius 1 is 0.680 bits per heavy atom. The molecule has 0 aliphatic carbocycles. The van der Waals surface area contributed by atoms with Crippen molar-refractivity contribution in [1.29, 1.82) is 0 Å². The van der Waals surface area contributed by atoms with Gasteiger partial charge >= 0.3 is 11.9 Å². The van der Waals surface area contributed by atoms with Gasteiger partial charge in [0.05, 0.1) is 6.42 Å². The van der Waals surface area contributed by atoms with Gasteiger partial charge in [0.25, 0.3) is 0 Å². The molecule has 0 aromatic carbocycles. The lowest BCUT2D eigenvalue weighted by Crippen LogP contribution is -2.37. The number of carbonyl (C=O) groups is 3. The van der Waals surface area contributed by atoms with Gasteiger partial charge in [-0.15, -0.1) is 0 Å². The second-order valence-corrected chi connectivity index (χ2v) is 6.64. The van der Waals surface area contributed by atoms with E-state index in [-0.39, 0.29) is 18.9 Å². The fourth-order valence-electron chi connectivity index (χ4n) is 2.78. The number of amides is 1. The predicted molar refractivity (Wildman–Crippen MR) is 97.5 cm³/mol. The fraction of sp³-hybridized carbons (Fsp3) is 0.842.